The number of hydrogen-bond donors (Lipinski definition) is 2. The van der Waals surface area contributed by atoms with Crippen molar-refractivity contribution in [1.82, 2.24) is 9.88 Å². The van der Waals surface area contributed by atoms with E-state index in [-0.39, 0.29) is 11.7 Å². The molecule has 0 saturated carbocycles. The Balaban J connectivity index is 1.91. The first-order valence-electron chi connectivity index (χ1n) is 7.02. The first-order chi connectivity index (χ1) is 10.1. The van der Waals surface area contributed by atoms with Crippen molar-refractivity contribution < 1.29 is 9.90 Å². The Kier molecular flexibility index (Phi) is 5.44. The van der Waals surface area contributed by atoms with Gasteiger partial charge in [0.2, 0.25) is 0 Å². The number of benzene rings is 1. The number of carbonyl (C=O) groups excluding carboxylic acids is 1. The van der Waals surface area contributed by atoms with Gasteiger partial charge in [0, 0.05) is 23.8 Å². The second-order valence-corrected chi connectivity index (χ2v) is 5.82. The van der Waals surface area contributed by atoms with Gasteiger partial charge in [0.1, 0.15) is 11.4 Å². The van der Waals surface area contributed by atoms with E-state index in [1.54, 1.807) is 12.1 Å². The molecule has 2 aromatic rings. The van der Waals surface area contributed by atoms with Gasteiger partial charge in [-0.3, -0.25) is 4.79 Å². The zero-order valence-electron chi connectivity index (χ0n) is 12.0. The normalized spacial score (nSPS) is 10.6. The maximum absolute atomic E-state index is 12.2. The number of phenolic OH excluding ortho intramolecular Hbond substituents is 1. The summed E-state index contributed by atoms with van der Waals surface area (Å²) in [6.07, 6.45) is 3.65. The lowest BCUT2D eigenvalue weighted by molar-refractivity contribution is 0.0944. The molecule has 0 atom stereocenters. The van der Waals surface area contributed by atoms with Crippen LogP contribution >= 0.6 is 15.9 Å². The van der Waals surface area contributed by atoms with Crippen molar-refractivity contribution in [2.75, 3.05) is 6.54 Å². The van der Waals surface area contributed by atoms with E-state index in [2.05, 4.69) is 28.2 Å². The average molecular weight is 351 g/mol. The van der Waals surface area contributed by atoms with E-state index >= 15 is 0 Å². The Hall–Kier alpha value is -1.75. The van der Waals surface area contributed by atoms with Gasteiger partial charge in [0.25, 0.3) is 5.91 Å². The number of amides is 1. The number of carbonyl (C=O) groups is 1. The molecule has 1 aromatic heterocycles. The summed E-state index contributed by atoms with van der Waals surface area (Å²) in [7, 11) is 0. The van der Waals surface area contributed by atoms with E-state index in [0.29, 0.717) is 12.2 Å². The van der Waals surface area contributed by atoms with Gasteiger partial charge in [-0.05, 0) is 52.5 Å². The average Bonchev–Trinajstić information content (AvgIpc) is 2.82. The van der Waals surface area contributed by atoms with Crippen LogP contribution in [0.1, 0.15) is 29.4 Å². The minimum Gasteiger partial charge on any atom is -0.508 e. The Labute approximate surface area is 132 Å². The van der Waals surface area contributed by atoms with Crippen LogP contribution in [0.2, 0.25) is 0 Å². The monoisotopic (exact) mass is 350 g/mol. The summed E-state index contributed by atoms with van der Waals surface area (Å²) in [6, 6.07) is 8.86. The third-order valence-corrected chi connectivity index (χ3v) is 3.63. The molecule has 1 aromatic carbocycles. The van der Waals surface area contributed by atoms with Crippen LogP contribution < -0.4 is 5.32 Å². The lowest BCUT2D eigenvalue weighted by Crippen LogP contribution is -2.27. The molecule has 1 heterocycles. The summed E-state index contributed by atoms with van der Waals surface area (Å²) in [5, 5.41) is 12.2. The van der Waals surface area contributed by atoms with E-state index < -0.39 is 0 Å². The fourth-order valence-corrected chi connectivity index (χ4v) is 2.63. The van der Waals surface area contributed by atoms with Crippen LogP contribution in [0.15, 0.2) is 41.0 Å². The first-order valence-corrected chi connectivity index (χ1v) is 7.81. The quantitative estimate of drug-likeness (QED) is 0.839. The summed E-state index contributed by atoms with van der Waals surface area (Å²) in [5.41, 5.74) is 1.76. The van der Waals surface area contributed by atoms with E-state index in [1.165, 1.54) is 0 Å². The largest absolute Gasteiger partial charge is 0.508 e. The van der Waals surface area contributed by atoms with Crippen LogP contribution in [-0.4, -0.2) is 22.1 Å². The molecule has 0 aliphatic heterocycles. The number of aromatic hydroxyl groups is 1. The number of aromatic nitrogens is 1. The van der Waals surface area contributed by atoms with E-state index in [1.807, 2.05) is 29.0 Å². The highest BCUT2D eigenvalue weighted by atomic mass is 79.9. The first kappa shape index (κ1) is 15.6. The fourth-order valence-electron chi connectivity index (χ4n) is 2.16. The molecule has 2 rings (SSSR count). The Morgan fingerprint density at radius 2 is 2.05 bits per heavy atom. The fraction of sp³-hybridized carbons (Fsp3) is 0.312. The van der Waals surface area contributed by atoms with E-state index in [9.17, 15) is 9.90 Å². The van der Waals surface area contributed by atoms with Crippen molar-refractivity contribution in [1.29, 1.82) is 0 Å². The zero-order valence-corrected chi connectivity index (χ0v) is 13.6. The molecule has 0 bridgehead atoms. The lowest BCUT2D eigenvalue weighted by Gasteiger charge is -2.08. The summed E-state index contributed by atoms with van der Waals surface area (Å²) in [5.74, 6) is 0.193. The molecular formula is C16H19BrN2O2. The molecule has 21 heavy (non-hydrogen) atoms. The second-order valence-electron chi connectivity index (χ2n) is 4.91. The highest BCUT2D eigenvalue weighted by Gasteiger charge is 2.12. The van der Waals surface area contributed by atoms with Crippen LogP contribution in [-0.2, 0) is 13.0 Å². The molecule has 112 valence electrons. The molecule has 5 heteroatoms. The van der Waals surface area contributed by atoms with Crippen molar-refractivity contribution in [3.63, 3.8) is 0 Å². The minimum absolute atomic E-state index is 0.0621. The Bertz CT molecular complexity index is 605. The third kappa shape index (κ3) is 4.36. The molecule has 0 unspecified atom stereocenters. The smallest absolute Gasteiger partial charge is 0.267 e. The Morgan fingerprint density at radius 1 is 1.33 bits per heavy atom. The van der Waals surface area contributed by atoms with E-state index in [0.717, 1.165) is 29.4 Å². The van der Waals surface area contributed by atoms with Crippen LogP contribution in [0.5, 0.6) is 5.75 Å². The predicted molar refractivity (Wildman–Crippen MR) is 86.6 cm³/mol. The maximum atomic E-state index is 12.2. The van der Waals surface area contributed by atoms with Gasteiger partial charge in [-0.1, -0.05) is 19.1 Å². The van der Waals surface area contributed by atoms with Crippen molar-refractivity contribution in [2.24, 2.45) is 0 Å². The molecule has 0 fully saturated rings. The number of phenols is 1. The standard InChI is InChI=1S/C16H19BrN2O2/c1-2-9-19-11-13(17)10-15(19)16(21)18-8-7-12-3-5-14(20)6-4-12/h3-6,10-11,20H,2,7-9H2,1H3,(H,18,21). The van der Waals surface area contributed by atoms with Crippen molar-refractivity contribution in [3.05, 3.63) is 52.3 Å². The van der Waals surface area contributed by atoms with Crippen molar-refractivity contribution >= 4 is 21.8 Å². The summed E-state index contributed by atoms with van der Waals surface area (Å²) < 4.78 is 2.87. The summed E-state index contributed by atoms with van der Waals surface area (Å²) >= 11 is 3.41. The van der Waals surface area contributed by atoms with Crippen molar-refractivity contribution in [2.45, 2.75) is 26.3 Å². The summed E-state index contributed by atoms with van der Waals surface area (Å²) in [6.45, 7) is 3.48. The Morgan fingerprint density at radius 3 is 2.71 bits per heavy atom. The number of rotatable bonds is 6. The van der Waals surface area contributed by atoms with Gasteiger partial charge in [-0.2, -0.15) is 0 Å². The topological polar surface area (TPSA) is 54.3 Å². The highest BCUT2D eigenvalue weighted by Crippen LogP contribution is 2.15. The second kappa shape index (κ2) is 7.31. The van der Waals surface area contributed by atoms with Gasteiger partial charge in [0.15, 0.2) is 0 Å². The van der Waals surface area contributed by atoms with Gasteiger partial charge in [0.05, 0.1) is 0 Å². The summed E-state index contributed by atoms with van der Waals surface area (Å²) in [4.78, 5) is 12.2. The molecular weight excluding hydrogens is 332 g/mol. The van der Waals surface area contributed by atoms with Gasteiger partial charge in [-0.25, -0.2) is 0 Å². The number of nitrogens with one attached hydrogen (secondary N) is 1. The van der Waals surface area contributed by atoms with Gasteiger partial charge >= 0.3 is 0 Å². The molecule has 0 spiro atoms. The van der Waals surface area contributed by atoms with E-state index in [4.69, 9.17) is 0 Å². The van der Waals surface area contributed by atoms with Crippen LogP contribution in [0, 0.1) is 0 Å². The zero-order chi connectivity index (χ0) is 15.2. The van der Waals surface area contributed by atoms with Crippen LogP contribution in [0.4, 0.5) is 0 Å². The maximum Gasteiger partial charge on any atom is 0.267 e. The number of aryl methyl sites for hydroxylation is 1. The molecule has 2 N–H and O–H groups in total. The predicted octanol–water partition coefficient (Wildman–Crippen LogP) is 3.34. The SMILES string of the molecule is CCCn1cc(Br)cc1C(=O)NCCc1ccc(O)cc1. The minimum atomic E-state index is -0.0621. The number of nitrogens with zero attached hydrogens (tertiary/aromatic N) is 1. The molecule has 0 aliphatic carbocycles. The van der Waals surface area contributed by atoms with Crippen LogP contribution in [0.25, 0.3) is 0 Å². The number of halogens is 1. The third-order valence-electron chi connectivity index (χ3n) is 3.20. The lowest BCUT2D eigenvalue weighted by atomic mass is 10.1. The molecule has 0 aliphatic rings. The number of hydrogen-bond acceptors (Lipinski definition) is 2. The molecule has 0 radical (unpaired) electrons. The highest BCUT2D eigenvalue weighted by molar-refractivity contribution is 9.10. The van der Waals surface area contributed by atoms with Gasteiger partial charge in [-0.15, -0.1) is 0 Å². The molecule has 0 saturated heterocycles. The van der Waals surface area contributed by atoms with Gasteiger partial charge < -0.3 is 15.0 Å². The molecule has 4 nitrogen and oxygen atoms in total. The van der Waals surface area contributed by atoms with Crippen LogP contribution in [0.3, 0.4) is 0 Å². The van der Waals surface area contributed by atoms with Crippen molar-refractivity contribution in [3.8, 4) is 5.75 Å². The molecule has 1 amide bonds.